The van der Waals surface area contributed by atoms with Crippen LogP contribution in [0.5, 0.6) is 0 Å². The Morgan fingerprint density at radius 2 is 0.432 bits per heavy atom. The highest BCUT2D eigenvalue weighted by Crippen LogP contribution is 2.16. The minimum absolute atomic E-state index is 0. The maximum absolute atomic E-state index is 2.46. The fourth-order valence-electron chi connectivity index (χ4n) is 5.76. The first-order valence-electron chi connectivity index (χ1n) is 17.4. The molecular weight excluding hydrogens is 514 g/mol. The van der Waals surface area contributed by atoms with Crippen molar-refractivity contribution in [1.82, 2.24) is 0 Å². The number of quaternary nitrogens is 1. The zero-order valence-electron chi connectivity index (χ0n) is 26.7. The van der Waals surface area contributed by atoms with Gasteiger partial charge < -0.3 is 21.5 Å². The average molecular weight is 589 g/mol. The highest BCUT2D eigenvalue weighted by molar-refractivity contribution is 4.51. The molecule has 1 nitrogen and oxygen atoms in total. The fourth-order valence-corrected chi connectivity index (χ4v) is 5.76. The predicted octanol–water partition coefficient (Wildman–Crippen LogP) is 9.42. The summed E-state index contributed by atoms with van der Waals surface area (Å²) >= 11 is 0. The first kappa shape index (κ1) is 39.6. The van der Waals surface area contributed by atoms with Crippen LogP contribution >= 0.6 is 0 Å². The molecule has 0 atom stereocenters. The third kappa shape index (κ3) is 34.4. The molecule has 0 aromatic heterocycles. The molecule has 0 heterocycles. The van der Waals surface area contributed by atoms with Crippen LogP contribution in [0.25, 0.3) is 0 Å². The van der Waals surface area contributed by atoms with Crippen LogP contribution in [-0.2, 0) is 0 Å². The summed E-state index contributed by atoms with van der Waals surface area (Å²) in [5, 5.41) is 0. The number of hydrogen-bond acceptors (Lipinski definition) is 0. The number of hydrogen-bond donors (Lipinski definition) is 0. The topological polar surface area (TPSA) is 0 Å². The minimum Gasteiger partial charge on any atom is -1.00 e. The minimum atomic E-state index is 0. The number of unbranched alkanes of at least 4 members (excludes halogenated alkanes) is 27. The molecule has 0 aliphatic carbocycles. The molecule has 0 spiro atoms. The molecule has 0 unspecified atom stereocenters. The monoisotopic (exact) mass is 588 g/mol. The van der Waals surface area contributed by atoms with E-state index < -0.39 is 0 Å². The van der Waals surface area contributed by atoms with E-state index in [4.69, 9.17) is 0 Å². The molecule has 0 N–H and O–H groups in total. The fraction of sp³-hybridized carbons (Fsp3) is 1.00. The molecule has 0 amide bonds. The summed E-state index contributed by atoms with van der Waals surface area (Å²) in [5.41, 5.74) is 0. The third-order valence-electron chi connectivity index (χ3n) is 8.48. The molecule has 0 saturated carbocycles. The third-order valence-corrected chi connectivity index (χ3v) is 8.48. The van der Waals surface area contributed by atoms with Gasteiger partial charge in [-0.1, -0.05) is 174 Å². The molecule has 0 aliphatic heterocycles. The number of nitrogens with zero attached hydrogens (tertiary/aromatic N) is 1. The Bertz CT molecular complexity index is 395. The Morgan fingerprint density at radius 3 is 0.622 bits per heavy atom. The number of halogens is 1. The number of rotatable bonds is 31. The second-order valence-corrected chi connectivity index (χ2v) is 12.9. The lowest BCUT2D eigenvalue weighted by Gasteiger charge is -2.30. The molecule has 0 fully saturated rings. The average Bonchev–Trinajstić information content (AvgIpc) is 2.86. The molecule has 226 valence electrons. The maximum atomic E-state index is 2.46. The molecular formula is C35H74BrN. The molecule has 0 aromatic carbocycles. The molecule has 0 rings (SSSR count). The van der Waals surface area contributed by atoms with Crippen LogP contribution in [0, 0.1) is 0 Å². The molecule has 0 aromatic rings. The molecule has 2 heteroatoms. The zero-order valence-corrected chi connectivity index (χ0v) is 28.3. The van der Waals surface area contributed by atoms with E-state index in [1.54, 1.807) is 0 Å². The van der Waals surface area contributed by atoms with Crippen molar-refractivity contribution in [2.75, 3.05) is 27.2 Å². The Morgan fingerprint density at radius 1 is 0.270 bits per heavy atom. The van der Waals surface area contributed by atoms with E-state index in [1.807, 2.05) is 0 Å². The van der Waals surface area contributed by atoms with Crippen LogP contribution in [0.1, 0.15) is 200 Å². The Hall–Kier alpha value is 0.440. The van der Waals surface area contributed by atoms with Gasteiger partial charge in [0.05, 0.1) is 27.2 Å². The summed E-state index contributed by atoms with van der Waals surface area (Å²) in [6.07, 6.45) is 42.4. The van der Waals surface area contributed by atoms with Crippen LogP contribution in [0.2, 0.25) is 0 Å². The maximum Gasteiger partial charge on any atom is 0.0782 e. The summed E-state index contributed by atoms with van der Waals surface area (Å²) in [4.78, 5) is 0. The van der Waals surface area contributed by atoms with Gasteiger partial charge in [0.25, 0.3) is 0 Å². The van der Waals surface area contributed by atoms with Gasteiger partial charge in [-0.15, -0.1) is 0 Å². The van der Waals surface area contributed by atoms with Crippen LogP contribution in [0.4, 0.5) is 0 Å². The van der Waals surface area contributed by atoms with Gasteiger partial charge in [-0.05, 0) is 25.7 Å². The summed E-state index contributed by atoms with van der Waals surface area (Å²) in [5.74, 6) is 0. The molecule has 0 aliphatic rings. The van der Waals surface area contributed by atoms with E-state index in [0.29, 0.717) is 0 Å². The highest BCUT2D eigenvalue weighted by Gasteiger charge is 2.13. The summed E-state index contributed by atoms with van der Waals surface area (Å²) in [7, 11) is 4.93. The molecule has 0 saturated heterocycles. The van der Waals surface area contributed by atoms with Crippen LogP contribution in [0.3, 0.4) is 0 Å². The van der Waals surface area contributed by atoms with Gasteiger partial charge in [0.15, 0.2) is 0 Å². The van der Waals surface area contributed by atoms with E-state index in [0.717, 1.165) is 0 Å². The predicted molar refractivity (Wildman–Crippen MR) is 167 cm³/mol. The van der Waals surface area contributed by atoms with Crippen molar-refractivity contribution in [3.8, 4) is 0 Å². The van der Waals surface area contributed by atoms with Gasteiger partial charge in [0.2, 0.25) is 0 Å². The summed E-state index contributed by atoms with van der Waals surface area (Å²) in [6.45, 7) is 7.39. The summed E-state index contributed by atoms with van der Waals surface area (Å²) < 4.78 is 1.25. The summed E-state index contributed by atoms with van der Waals surface area (Å²) in [6, 6.07) is 0. The molecule has 0 bridgehead atoms. The second kappa shape index (κ2) is 32.7. The van der Waals surface area contributed by atoms with E-state index >= 15 is 0 Å². The van der Waals surface area contributed by atoms with Gasteiger partial charge in [-0.2, -0.15) is 0 Å². The lowest BCUT2D eigenvalue weighted by Crippen LogP contribution is -3.00. The van der Waals surface area contributed by atoms with Crippen LogP contribution < -0.4 is 17.0 Å². The van der Waals surface area contributed by atoms with Crippen molar-refractivity contribution in [2.45, 2.75) is 200 Å². The van der Waals surface area contributed by atoms with Gasteiger partial charge >= 0.3 is 0 Å². The largest absolute Gasteiger partial charge is 1.00 e. The van der Waals surface area contributed by atoms with Gasteiger partial charge in [0, 0.05) is 0 Å². The van der Waals surface area contributed by atoms with Gasteiger partial charge in [-0.3, -0.25) is 0 Å². The lowest BCUT2D eigenvalue weighted by molar-refractivity contribution is -0.890. The van der Waals surface area contributed by atoms with Crippen molar-refractivity contribution in [2.24, 2.45) is 0 Å². The van der Waals surface area contributed by atoms with E-state index in [9.17, 15) is 0 Å². The van der Waals surface area contributed by atoms with Crippen LogP contribution in [0.15, 0.2) is 0 Å². The Balaban J connectivity index is 0. The lowest BCUT2D eigenvalue weighted by atomic mass is 10.0. The van der Waals surface area contributed by atoms with Crippen molar-refractivity contribution in [1.29, 1.82) is 0 Å². The Kier molecular flexibility index (Phi) is 34.9. The molecule has 37 heavy (non-hydrogen) atoms. The zero-order chi connectivity index (χ0) is 26.4. The van der Waals surface area contributed by atoms with Crippen molar-refractivity contribution in [3.05, 3.63) is 0 Å². The highest BCUT2D eigenvalue weighted by atomic mass is 79.9. The first-order valence-corrected chi connectivity index (χ1v) is 17.4. The normalized spacial score (nSPS) is 11.7. The van der Waals surface area contributed by atoms with Crippen molar-refractivity contribution < 1.29 is 21.5 Å². The van der Waals surface area contributed by atoms with E-state index in [-0.39, 0.29) is 17.0 Å². The van der Waals surface area contributed by atoms with Crippen molar-refractivity contribution >= 4 is 0 Å². The quantitative estimate of drug-likeness (QED) is 0.0559. The van der Waals surface area contributed by atoms with Gasteiger partial charge in [0.1, 0.15) is 0 Å². The second-order valence-electron chi connectivity index (χ2n) is 12.9. The standard InChI is InChI=1S/C35H74N.BrH/c1-5-7-9-11-13-15-17-19-21-23-25-27-29-31-33-35-36(3,4)34-32-30-28-26-24-22-20-18-16-14-12-10-8-6-2;/h5-35H2,1-4H3;1H/q+1;/p-1. The first-order chi connectivity index (χ1) is 17.6. The van der Waals surface area contributed by atoms with E-state index in [1.165, 1.54) is 204 Å². The van der Waals surface area contributed by atoms with Crippen molar-refractivity contribution in [3.63, 3.8) is 0 Å². The van der Waals surface area contributed by atoms with Crippen LogP contribution in [-0.4, -0.2) is 31.7 Å². The van der Waals surface area contributed by atoms with Gasteiger partial charge in [-0.25, -0.2) is 0 Å². The Labute approximate surface area is 248 Å². The SMILES string of the molecule is CCCCCCCCCCCCCCCCC[N+](C)(C)CCCCCCCCCCCCCCCC.[Br-]. The molecule has 0 radical (unpaired) electrons. The van der Waals surface area contributed by atoms with E-state index in [2.05, 4.69) is 27.9 Å². The smallest absolute Gasteiger partial charge is 0.0782 e.